The lowest BCUT2D eigenvalue weighted by Crippen LogP contribution is -2.48. The zero-order chi connectivity index (χ0) is 20.2. The number of benzene rings is 2. The van der Waals surface area contributed by atoms with Crippen LogP contribution in [0.1, 0.15) is 10.4 Å². The van der Waals surface area contributed by atoms with Crippen LogP contribution in [-0.2, 0) is 0 Å². The van der Waals surface area contributed by atoms with Gasteiger partial charge in [-0.1, -0.05) is 17.4 Å². The minimum absolute atomic E-state index is 0.243. The number of hydrogen-bond donors (Lipinski definition) is 1. The lowest BCUT2D eigenvalue weighted by molar-refractivity contribution is 0.0947. The smallest absolute Gasteiger partial charge is 0.251 e. The molecule has 0 spiro atoms. The van der Waals surface area contributed by atoms with Gasteiger partial charge in [0.05, 0.1) is 17.3 Å². The summed E-state index contributed by atoms with van der Waals surface area (Å²) in [6.45, 7) is 4.93. The number of piperazine rings is 1. The molecule has 0 radical (unpaired) electrons. The maximum atomic E-state index is 13.2. The van der Waals surface area contributed by atoms with E-state index in [4.69, 9.17) is 9.72 Å². The predicted molar refractivity (Wildman–Crippen MR) is 114 cm³/mol. The number of nitrogens with one attached hydrogen (secondary N) is 1. The molecule has 0 bridgehead atoms. The van der Waals surface area contributed by atoms with Crippen molar-refractivity contribution in [1.82, 2.24) is 15.2 Å². The molecule has 2 aromatic carbocycles. The van der Waals surface area contributed by atoms with Crippen LogP contribution in [0.15, 0.2) is 42.5 Å². The van der Waals surface area contributed by atoms with Gasteiger partial charge >= 0.3 is 0 Å². The number of amides is 1. The molecule has 1 saturated heterocycles. The zero-order valence-electron chi connectivity index (χ0n) is 16.2. The summed E-state index contributed by atoms with van der Waals surface area (Å²) in [5.41, 5.74) is 1.34. The molecule has 1 aliphatic rings. The third kappa shape index (κ3) is 4.65. The van der Waals surface area contributed by atoms with Crippen LogP contribution in [0.3, 0.4) is 0 Å². The van der Waals surface area contributed by atoms with Crippen molar-refractivity contribution < 1.29 is 13.9 Å². The molecule has 0 saturated carbocycles. The van der Waals surface area contributed by atoms with E-state index in [1.807, 2.05) is 18.2 Å². The zero-order valence-corrected chi connectivity index (χ0v) is 17.0. The third-order valence-electron chi connectivity index (χ3n) is 5.03. The van der Waals surface area contributed by atoms with Gasteiger partial charge in [0.2, 0.25) is 0 Å². The second kappa shape index (κ2) is 8.75. The molecule has 1 fully saturated rings. The highest BCUT2D eigenvalue weighted by molar-refractivity contribution is 7.22. The van der Waals surface area contributed by atoms with Gasteiger partial charge < -0.3 is 15.0 Å². The van der Waals surface area contributed by atoms with Crippen molar-refractivity contribution >= 4 is 32.6 Å². The summed E-state index contributed by atoms with van der Waals surface area (Å²) >= 11 is 1.68. The highest BCUT2D eigenvalue weighted by atomic mass is 32.1. The topological polar surface area (TPSA) is 57.7 Å². The van der Waals surface area contributed by atoms with Crippen molar-refractivity contribution in [3.05, 3.63) is 53.8 Å². The Morgan fingerprint density at radius 3 is 2.79 bits per heavy atom. The first-order valence-electron chi connectivity index (χ1n) is 9.58. The quantitative estimate of drug-likeness (QED) is 0.672. The van der Waals surface area contributed by atoms with Crippen molar-refractivity contribution in [1.29, 1.82) is 0 Å². The minimum atomic E-state index is -0.401. The first-order chi connectivity index (χ1) is 14.1. The number of ether oxygens (including phenoxy) is 1. The normalized spacial score (nSPS) is 14.9. The first-order valence-corrected chi connectivity index (χ1v) is 10.4. The van der Waals surface area contributed by atoms with E-state index < -0.39 is 5.82 Å². The lowest BCUT2D eigenvalue weighted by Gasteiger charge is -2.34. The average Bonchev–Trinajstić information content (AvgIpc) is 3.17. The Balaban J connectivity index is 1.26. The Morgan fingerprint density at radius 1 is 1.21 bits per heavy atom. The molecular weight excluding hydrogens is 391 g/mol. The molecule has 29 heavy (non-hydrogen) atoms. The monoisotopic (exact) mass is 414 g/mol. The molecule has 152 valence electrons. The van der Waals surface area contributed by atoms with Crippen molar-refractivity contribution in [2.24, 2.45) is 0 Å². The molecule has 1 amide bonds. The molecule has 0 aliphatic carbocycles. The van der Waals surface area contributed by atoms with E-state index in [1.165, 1.54) is 12.1 Å². The van der Waals surface area contributed by atoms with Crippen molar-refractivity contribution in [2.45, 2.75) is 0 Å². The maximum Gasteiger partial charge on any atom is 0.251 e. The molecule has 0 unspecified atom stereocenters. The van der Waals surface area contributed by atoms with Crippen LogP contribution in [0, 0.1) is 5.82 Å². The Bertz CT molecular complexity index is 1000. The van der Waals surface area contributed by atoms with Crippen LogP contribution in [0.4, 0.5) is 9.52 Å². The van der Waals surface area contributed by atoms with Gasteiger partial charge in [-0.3, -0.25) is 9.69 Å². The van der Waals surface area contributed by atoms with E-state index in [9.17, 15) is 9.18 Å². The Labute approximate surface area is 172 Å². The molecule has 0 atom stereocenters. The summed E-state index contributed by atoms with van der Waals surface area (Å²) in [6.07, 6.45) is 0. The molecule has 1 aromatic heterocycles. The highest BCUT2D eigenvalue weighted by Gasteiger charge is 2.20. The second-order valence-corrected chi connectivity index (χ2v) is 7.93. The number of thiazole rings is 1. The minimum Gasteiger partial charge on any atom is -0.497 e. The molecule has 3 aromatic rings. The number of halogens is 1. The molecule has 1 aliphatic heterocycles. The number of anilines is 1. The number of carbonyl (C=O) groups is 1. The summed E-state index contributed by atoms with van der Waals surface area (Å²) in [4.78, 5) is 21.5. The van der Waals surface area contributed by atoms with E-state index in [1.54, 1.807) is 30.6 Å². The fourth-order valence-electron chi connectivity index (χ4n) is 3.38. The van der Waals surface area contributed by atoms with E-state index in [0.717, 1.165) is 53.8 Å². The largest absolute Gasteiger partial charge is 0.497 e. The van der Waals surface area contributed by atoms with Gasteiger partial charge in [-0.25, -0.2) is 9.37 Å². The van der Waals surface area contributed by atoms with Crippen LogP contribution in [0.5, 0.6) is 5.75 Å². The molecule has 6 nitrogen and oxygen atoms in total. The summed E-state index contributed by atoms with van der Waals surface area (Å²) in [7, 11) is 1.67. The van der Waals surface area contributed by atoms with Gasteiger partial charge in [0.25, 0.3) is 5.91 Å². The fourth-order valence-corrected chi connectivity index (χ4v) is 4.42. The fraction of sp³-hybridized carbons (Fsp3) is 0.333. The third-order valence-corrected chi connectivity index (χ3v) is 6.11. The Hall–Kier alpha value is -2.71. The number of nitrogens with zero attached hydrogens (tertiary/aromatic N) is 3. The second-order valence-electron chi connectivity index (χ2n) is 6.93. The predicted octanol–water partition coefficient (Wildman–Crippen LogP) is 3.00. The van der Waals surface area contributed by atoms with E-state index in [-0.39, 0.29) is 5.91 Å². The highest BCUT2D eigenvalue weighted by Crippen LogP contribution is 2.31. The maximum absolute atomic E-state index is 13.2. The summed E-state index contributed by atoms with van der Waals surface area (Å²) in [6, 6.07) is 11.7. The van der Waals surface area contributed by atoms with Gasteiger partial charge in [-0.05, 0) is 36.4 Å². The van der Waals surface area contributed by atoms with Gasteiger partial charge in [0.1, 0.15) is 11.6 Å². The molecule has 8 heteroatoms. The average molecular weight is 415 g/mol. The van der Waals surface area contributed by atoms with Gasteiger partial charge in [-0.2, -0.15) is 0 Å². The van der Waals surface area contributed by atoms with Crippen molar-refractivity contribution in [2.75, 3.05) is 51.3 Å². The number of fused-ring (bicyclic) bond motifs is 1. The Kier molecular flexibility index (Phi) is 5.92. The number of aromatic nitrogens is 1. The molecule has 2 heterocycles. The standard InChI is InChI=1S/C21H23FN4O2S/c1-28-17-5-6-18-19(14-17)29-21(24-18)26-11-9-25(10-12-26)8-7-23-20(27)15-3-2-4-16(22)13-15/h2-6,13-14H,7-12H2,1H3,(H,23,27). The van der Waals surface area contributed by atoms with E-state index in [2.05, 4.69) is 15.1 Å². The summed E-state index contributed by atoms with van der Waals surface area (Å²) in [5.74, 6) is 0.202. The SMILES string of the molecule is COc1ccc2nc(N3CCN(CCNC(=O)c4cccc(F)c4)CC3)sc2c1. The van der Waals surface area contributed by atoms with Crippen LogP contribution in [-0.4, -0.2) is 62.2 Å². The van der Waals surface area contributed by atoms with Crippen LogP contribution in [0.25, 0.3) is 10.2 Å². The van der Waals surface area contributed by atoms with Gasteiger partial charge in [0, 0.05) is 44.8 Å². The van der Waals surface area contributed by atoms with Crippen LogP contribution < -0.4 is 15.0 Å². The van der Waals surface area contributed by atoms with Gasteiger partial charge in [-0.15, -0.1) is 0 Å². The number of hydrogen-bond acceptors (Lipinski definition) is 6. The Morgan fingerprint density at radius 2 is 2.03 bits per heavy atom. The number of carbonyl (C=O) groups excluding carboxylic acids is 1. The molecule has 4 rings (SSSR count). The number of rotatable bonds is 6. The van der Waals surface area contributed by atoms with E-state index in [0.29, 0.717) is 12.1 Å². The van der Waals surface area contributed by atoms with Crippen molar-refractivity contribution in [3.8, 4) is 5.75 Å². The van der Waals surface area contributed by atoms with Crippen LogP contribution in [0.2, 0.25) is 0 Å². The first kappa shape index (κ1) is 19.6. The summed E-state index contributed by atoms with van der Waals surface area (Å²) in [5, 5.41) is 3.90. The van der Waals surface area contributed by atoms with E-state index >= 15 is 0 Å². The lowest BCUT2D eigenvalue weighted by atomic mass is 10.2. The van der Waals surface area contributed by atoms with Gasteiger partial charge in [0.15, 0.2) is 5.13 Å². The van der Waals surface area contributed by atoms with Crippen molar-refractivity contribution in [3.63, 3.8) is 0 Å². The molecule has 1 N–H and O–H groups in total. The number of methoxy groups -OCH3 is 1. The van der Waals surface area contributed by atoms with Crippen LogP contribution >= 0.6 is 11.3 Å². The molecular formula is C21H23FN4O2S. The summed E-state index contributed by atoms with van der Waals surface area (Å²) < 4.78 is 19.6.